The molecule has 0 atom stereocenters. The van der Waals surface area contributed by atoms with Gasteiger partial charge in [-0.1, -0.05) is 41.6 Å². The van der Waals surface area contributed by atoms with Crippen molar-refractivity contribution in [3.05, 3.63) is 56.9 Å². The summed E-state index contributed by atoms with van der Waals surface area (Å²) < 4.78 is 11.1. The van der Waals surface area contributed by atoms with E-state index in [4.69, 9.17) is 33.3 Å². The van der Waals surface area contributed by atoms with E-state index in [-0.39, 0.29) is 5.91 Å². The fraction of sp³-hybridized carbons (Fsp3) is 0.200. The zero-order valence-corrected chi connectivity index (χ0v) is 17.7. The van der Waals surface area contributed by atoms with Crippen LogP contribution in [-0.4, -0.2) is 24.4 Å². The van der Waals surface area contributed by atoms with E-state index in [0.717, 1.165) is 16.8 Å². The van der Waals surface area contributed by atoms with Crippen molar-refractivity contribution < 1.29 is 14.3 Å². The topological polar surface area (TPSA) is 38.8 Å². The Morgan fingerprint density at radius 3 is 2.48 bits per heavy atom. The van der Waals surface area contributed by atoms with Crippen molar-refractivity contribution in [2.24, 2.45) is 0 Å². The van der Waals surface area contributed by atoms with E-state index in [0.29, 0.717) is 25.7 Å². The van der Waals surface area contributed by atoms with Crippen LogP contribution in [0.15, 0.2) is 35.2 Å². The summed E-state index contributed by atoms with van der Waals surface area (Å²) in [5.41, 5.74) is 3.78. The van der Waals surface area contributed by atoms with Crippen LogP contribution in [0.5, 0.6) is 11.5 Å². The van der Waals surface area contributed by atoms with E-state index in [2.05, 4.69) is 0 Å². The van der Waals surface area contributed by atoms with Crippen LogP contribution >= 0.6 is 35.6 Å². The van der Waals surface area contributed by atoms with Gasteiger partial charge in [0.1, 0.15) is 0 Å². The average molecular weight is 420 g/mol. The van der Waals surface area contributed by atoms with Crippen molar-refractivity contribution in [2.75, 3.05) is 19.1 Å². The Hall–Kier alpha value is -2.02. The highest BCUT2D eigenvalue weighted by molar-refractivity contribution is 8.27. The quantitative estimate of drug-likeness (QED) is 0.491. The van der Waals surface area contributed by atoms with E-state index in [1.165, 1.54) is 31.5 Å². The van der Waals surface area contributed by atoms with E-state index in [1.54, 1.807) is 23.1 Å². The lowest BCUT2D eigenvalue weighted by molar-refractivity contribution is -0.113. The van der Waals surface area contributed by atoms with Gasteiger partial charge in [0.25, 0.3) is 5.91 Å². The number of benzene rings is 2. The molecule has 0 bridgehead atoms. The predicted molar refractivity (Wildman–Crippen MR) is 116 cm³/mol. The summed E-state index contributed by atoms with van der Waals surface area (Å²) in [5.74, 6) is 0.805. The second kappa shape index (κ2) is 7.92. The molecule has 27 heavy (non-hydrogen) atoms. The number of aryl methyl sites for hydroxylation is 2. The van der Waals surface area contributed by atoms with Gasteiger partial charge in [-0.25, -0.2) is 0 Å². The lowest BCUT2D eigenvalue weighted by atomic mass is 10.1. The molecule has 1 fully saturated rings. The van der Waals surface area contributed by atoms with Gasteiger partial charge in [-0.15, -0.1) is 0 Å². The van der Waals surface area contributed by atoms with E-state index in [9.17, 15) is 4.79 Å². The smallest absolute Gasteiger partial charge is 0.270 e. The number of anilines is 1. The maximum Gasteiger partial charge on any atom is 0.270 e. The summed E-state index contributed by atoms with van der Waals surface area (Å²) in [6, 6.07) is 9.36. The lowest BCUT2D eigenvalue weighted by Gasteiger charge is -2.16. The Morgan fingerprint density at radius 2 is 1.85 bits per heavy atom. The fourth-order valence-corrected chi connectivity index (χ4v) is 4.32. The first kappa shape index (κ1) is 19.7. The van der Waals surface area contributed by atoms with Crippen LogP contribution in [0.2, 0.25) is 5.02 Å². The van der Waals surface area contributed by atoms with Gasteiger partial charge in [0.05, 0.1) is 29.8 Å². The van der Waals surface area contributed by atoms with Crippen LogP contribution in [0, 0.1) is 13.8 Å². The zero-order chi connectivity index (χ0) is 19.7. The third-order valence-electron chi connectivity index (χ3n) is 4.30. The molecule has 140 valence electrons. The SMILES string of the molecule is COc1cc(/C=C2/SC(=S)N(c3ccc(C)c(C)c3)C2=O)cc(Cl)c1OC. The third kappa shape index (κ3) is 3.83. The van der Waals surface area contributed by atoms with Gasteiger partial charge >= 0.3 is 0 Å². The van der Waals surface area contributed by atoms with Gasteiger partial charge in [-0.05, 0) is 60.9 Å². The molecule has 0 aromatic heterocycles. The van der Waals surface area contributed by atoms with Gasteiger partial charge in [0, 0.05) is 0 Å². The Labute approximate surface area is 173 Å². The van der Waals surface area contributed by atoms with Crippen molar-refractivity contribution in [3.8, 4) is 11.5 Å². The first-order chi connectivity index (χ1) is 12.8. The summed E-state index contributed by atoms with van der Waals surface area (Å²) >= 11 is 13.0. The molecule has 1 amide bonds. The van der Waals surface area contributed by atoms with Crippen LogP contribution in [-0.2, 0) is 4.79 Å². The van der Waals surface area contributed by atoms with Crippen molar-refractivity contribution in [2.45, 2.75) is 13.8 Å². The summed E-state index contributed by atoms with van der Waals surface area (Å²) in [7, 11) is 3.06. The molecular formula is C20H18ClNO3S2. The van der Waals surface area contributed by atoms with Crippen molar-refractivity contribution in [1.82, 2.24) is 0 Å². The zero-order valence-electron chi connectivity index (χ0n) is 15.3. The Balaban J connectivity index is 1.97. The molecular weight excluding hydrogens is 402 g/mol. The first-order valence-electron chi connectivity index (χ1n) is 8.12. The van der Waals surface area contributed by atoms with Crippen molar-refractivity contribution in [3.63, 3.8) is 0 Å². The number of rotatable bonds is 4. The number of hydrogen-bond donors (Lipinski definition) is 0. The van der Waals surface area contributed by atoms with Crippen LogP contribution < -0.4 is 14.4 Å². The molecule has 1 aliphatic heterocycles. The molecule has 1 heterocycles. The lowest BCUT2D eigenvalue weighted by Crippen LogP contribution is -2.27. The Morgan fingerprint density at radius 1 is 1.11 bits per heavy atom. The minimum absolute atomic E-state index is 0.154. The second-order valence-electron chi connectivity index (χ2n) is 6.02. The molecule has 1 saturated heterocycles. The molecule has 0 spiro atoms. The Bertz CT molecular complexity index is 972. The summed E-state index contributed by atoms with van der Waals surface area (Å²) in [6.07, 6.45) is 1.76. The fourth-order valence-electron chi connectivity index (χ4n) is 2.73. The third-order valence-corrected chi connectivity index (χ3v) is 5.88. The molecule has 7 heteroatoms. The van der Waals surface area contributed by atoms with E-state index < -0.39 is 0 Å². The standard InChI is InChI=1S/C20H18ClNO3S2/c1-11-5-6-14(7-12(11)2)22-19(23)17(27-20(22)26)10-13-8-15(21)18(25-4)16(9-13)24-3/h5-10H,1-4H3/b17-10+. The van der Waals surface area contributed by atoms with Crippen LogP contribution in [0.25, 0.3) is 6.08 Å². The normalized spacial score (nSPS) is 15.6. The van der Waals surface area contributed by atoms with E-state index >= 15 is 0 Å². The molecule has 0 saturated carbocycles. The monoisotopic (exact) mass is 419 g/mol. The first-order valence-corrected chi connectivity index (χ1v) is 9.72. The maximum atomic E-state index is 12.9. The average Bonchev–Trinajstić information content (AvgIpc) is 2.90. The number of amides is 1. The number of halogens is 1. The van der Waals surface area contributed by atoms with Crippen molar-refractivity contribution in [1.29, 1.82) is 0 Å². The highest BCUT2D eigenvalue weighted by Crippen LogP contribution is 2.40. The maximum absolute atomic E-state index is 12.9. The largest absolute Gasteiger partial charge is 0.493 e. The second-order valence-corrected chi connectivity index (χ2v) is 8.11. The van der Waals surface area contributed by atoms with Crippen LogP contribution in [0.1, 0.15) is 16.7 Å². The number of carbonyl (C=O) groups is 1. The van der Waals surface area contributed by atoms with Gasteiger partial charge in [-0.2, -0.15) is 0 Å². The number of thiocarbonyl (C=S) groups is 1. The number of hydrogen-bond acceptors (Lipinski definition) is 5. The number of methoxy groups -OCH3 is 2. The minimum atomic E-state index is -0.154. The molecule has 0 aliphatic carbocycles. The molecule has 0 unspecified atom stereocenters. The molecule has 2 aromatic carbocycles. The van der Waals surface area contributed by atoms with Gasteiger partial charge in [-0.3, -0.25) is 9.69 Å². The van der Waals surface area contributed by atoms with Gasteiger partial charge < -0.3 is 9.47 Å². The molecule has 2 aromatic rings. The summed E-state index contributed by atoms with van der Waals surface area (Å²) in [4.78, 5) is 15.0. The molecule has 1 aliphatic rings. The predicted octanol–water partition coefficient (Wildman–Crippen LogP) is 5.38. The minimum Gasteiger partial charge on any atom is -0.493 e. The number of carbonyl (C=O) groups excluding carboxylic acids is 1. The number of ether oxygens (including phenoxy) is 2. The molecule has 0 radical (unpaired) electrons. The van der Waals surface area contributed by atoms with Crippen LogP contribution in [0.4, 0.5) is 5.69 Å². The number of thioether (sulfide) groups is 1. The van der Waals surface area contributed by atoms with Crippen molar-refractivity contribution >= 4 is 57.6 Å². The highest BCUT2D eigenvalue weighted by Gasteiger charge is 2.33. The van der Waals surface area contributed by atoms with Gasteiger partial charge in [0.15, 0.2) is 15.8 Å². The Kier molecular flexibility index (Phi) is 5.79. The highest BCUT2D eigenvalue weighted by atomic mass is 35.5. The molecule has 3 rings (SSSR count). The summed E-state index contributed by atoms with van der Waals surface area (Å²) in [5, 5.41) is 0.410. The van der Waals surface area contributed by atoms with Crippen LogP contribution in [0.3, 0.4) is 0 Å². The molecule has 4 nitrogen and oxygen atoms in total. The molecule has 0 N–H and O–H groups in total. The number of nitrogens with zero attached hydrogens (tertiary/aromatic N) is 1. The van der Waals surface area contributed by atoms with E-state index in [1.807, 2.05) is 32.0 Å². The van der Waals surface area contributed by atoms with Gasteiger partial charge in [0.2, 0.25) is 0 Å². The summed E-state index contributed by atoms with van der Waals surface area (Å²) in [6.45, 7) is 4.04.